The quantitative estimate of drug-likeness (QED) is 0.779. The van der Waals surface area contributed by atoms with Crippen molar-refractivity contribution in [3.8, 4) is 0 Å². The number of carbonyl (C=O) groups excluding carboxylic acids is 1. The highest BCUT2D eigenvalue weighted by molar-refractivity contribution is 5.88. The predicted octanol–water partition coefficient (Wildman–Crippen LogP) is 1.46. The van der Waals surface area contributed by atoms with Crippen molar-refractivity contribution < 1.29 is 19.4 Å². The van der Waals surface area contributed by atoms with Gasteiger partial charge < -0.3 is 20.1 Å². The van der Waals surface area contributed by atoms with E-state index in [0.717, 1.165) is 22.9 Å². The molecule has 0 aliphatic carbocycles. The Morgan fingerprint density at radius 3 is 2.95 bits per heavy atom. The predicted molar refractivity (Wildman–Crippen MR) is 80.5 cm³/mol. The first kappa shape index (κ1) is 14.6. The Morgan fingerprint density at radius 1 is 1.41 bits per heavy atom. The zero-order valence-corrected chi connectivity index (χ0v) is 12.0. The van der Waals surface area contributed by atoms with Crippen LogP contribution in [0, 0.1) is 0 Å². The third-order valence-electron chi connectivity index (χ3n) is 3.94. The summed E-state index contributed by atoms with van der Waals surface area (Å²) in [7, 11) is 0. The Kier molecular flexibility index (Phi) is 4.11. The van der Waals surface area contributed by atoms with Crippen LogP contribution in [0.25, 0.3) is 10.9 Å². The molecule has 1 aliphatic heterocycles. The number of H-pyrrole nitrogens is 1. The summed E-state index contributed by atoms with van der Waals surface area (Å²) in [5, 5.41) is 12.9. The molecule has 2 atom stereocenters. The fourth-order valence-electron chi connectivity index (χ4n) is 2.77. The number of aromatic nitrogens is 1. The molecule has 3 N–H and O–H groups in total. The number of benzene rings is 1. The highest BCUT2D eigenvalue weighted by atomic mass is 16.5. The van der Waals surface area contributed by atoms with E-state index < -0.39 is 18.1 Å². The van der Waals surface area contributed by atoms with Gasteiger partial charge in [-0.25, -0.2) is 4.79 Å². The van der Waals surface area contributed by atoms with Crippen LogP contribution in [0.4, 0.5) is 0 Å². The molecular weight excluding hydrogens is 284 g/mol. The first-order chi connectivity index (χ1) is 10.6. The lowest BCUT2D eigenvalue weighted by molar-refractivity contribution is -0.143. The van der Waals surface area contributed by atoms with Crippen LogP contribution in [0.2, 0.25) is 0 Å². The van der Waals surface area contributed by atoms with E-state index in [1.165, 1.54) is 0 Å². The molecule has 0 bridgehead atoms. The van der Waals surface area contributed by atoms with Crippen LogP contribution in [0.3, 0.4) is 0 Å². The Bertz CT molecular complexity index is 688. The maximum absolute atomic E-state index is 12.0. The number of amides is 1. The molecular formula is C16H18N2O4. The Morgan fingerprint density at radius 2 is 2.23 bits per heavy atom. The van der Waals surface area contributed by atoms with Crippen molar-refractivity contribution in [2.75, 3.05) is 6.61 Å². The number of carboxylic acids is 1. The Labute approximate surface area is 127 Å². The van der Waals surface area contributed by atoms with Crippen LogP contribution in [-0.4, -0.2) is 40.7 Å². The van der Waals surface area contributed by atoms with Gasteiger partial charge in [0.15, 0.2) is 0 Å². The molecule has 1 amide bonds. The second-order valence-electron chi connectivity index (χ2n) is 5.46. The Hall–Kier alpha value is -2.34. The molecule has 2 aromatic rings. The van der Waals surface area contributed by atoms with Crippen LogP contribution in [0.1, 0.15) is 18.4 Å². The normalized spacial score (nSPS) is 19.2. The topological polar surface area (TPSA) is 91.4 Å². The number of rotatable bonds is 5. The Balaban J connectivity index is 1.74. The molecule has 0 spiro atoms. The van der Waals surface area contributed by atoms with Gasteiger partial charge in [-0.05, 0) is 24.5 Å². The van der Waals surface area contributed by atoms with Crippen molar-refractivity contribution in [3.63, 3.8) is 0 Å². The SMILES string of the molecule is O=C(O)C(Cc1c[nH]c2ccccc12)NC(=O)[C@@H]1CCCO1. The zero-order chi connectivity index (χ0) is 15.5. The van der Waals surface area contributed by atoms with E-state index in [9.17, 15) is 14.7 Å². The average Bonchev–Trinajstić information content (AvgIpc) is 3.16. The highest BCUT2D eigenvalue weighted by Crippen LogP contribution is 2.19. The van der Waals surface area contributed by atoms with Gasteiger partial charge in [-0.15, -0.1) is 0 Å². The van der Waals surface area contributed by atoms with Gasteiger partial charge in [0.1, 0.15) is 12.1 Å². The maximum atomic E-state index is 12.0. The summed E-state index contributed by atoms with van der Waals surface area (Å²) in [4.78, 5) is 26.6. The number of carbonyl (C=O) groups is 2. The van der Waals surface area contributed by atoms with Crippen molar-refractivity contribution in [1.29, 1.82) is 0 Å². The summed E-state index contributed by atoms with van der Waals surface area (Å²) in [5.74, 6) is -1.39. The number of aromatic amines is 1. The molecule has 3 rings (SSSR count). The lowest BCUT2D eigenvalue weighted by Crippen LogP contribution is -2.46. The molecule has 0 saturated carbocycles. The molecule has 1 unspecified atom stereocenters. The van der Waals surface area contributed by atoms with Gasteiger partial charge in [-0.1, -0.05) is 18.2 Å². The third kappa shape index (κ3) is 2.96. The number of nitrogens with one attached hydrogen (secondary N) is 2. The smallest absolute Gasteiger partial charge is 0.326 e. The number of hydrogen-bond donors (Lipinski definition) is 3. The van der Waals surface area contributed by atoms with E-state index in [2.05, 4.69) is 10.3 Å². The second-order valence-corrected chi connectivity index (χ2v) is 5.46. The molecule has 22 heavy (non-hydrogen) atoms. The van der Waals surface area contributed by atoms with E-state index >= 15 is 0 Å². The summed E-state index contributed by atoms with van der Waals surface area (Å²) in [6.07, 6.45) is 2.98. The summed E-state index contributed by atoms with van der Waals surface area (Å²) in [6.45, 7) is 0.554. The number of hydrogen-bond acceptors (Lipinski definition) is 3. The first-order valence-corrected chi connectivity index (χ1v) is 7.35. The van der Waals surface area contributed by atoms with E-state index in [1.807, 2.05) is 24.3 Å². The van der Waals surface area contributed by atoms with Crippen LogP contribution in [-0.2, 0) is 20.7 Å². The molecule has 6 nitrogen and oxygen atoms in total. The van der Waals surface area contributed by atoms with Crippen molar-refractivity contribution in [1.82, 2.24) is 10.3 Å². The van der Waals surface area contributed by atoms with Crippen LogP contribution in [0.5, 0.6) is 0 Å². The van der Waals surface area contributed by atoms with E-state index in [1.54, 1.807) is 6.20 Å². The molecule has 2 heterocycles. The van der Waals surface area contributed by atoms with E-state index in [-0.39, 0.29) is 12.3 Å². The third-order valence-corrected chi connectivity index (χ3v) is 3.94. The van der Waals surface area contributed by atoms with Crippen LogP contribution >= 0.6 is 0 Å². The van der Waals surface area contributed by atoms with E-state index in [4.69, 9.17) is 4.74 Å². The largest absolute Gasteiger partial charge is 0.480 e. The molecule has 1 fully saturated rings. The molecule has 1 aromatic carbocycles. The van der Waals surface area contributed by atoms with E-state index in [0.29, 0.717) is 13.0 Å². The van der Waals surface area contributed by atoms with Gasteiger partial charge in [0.2, 0.25) is 5.91 Å². The number of aliphatic carboxylic acids is 1. The lowest BCUT2D eigenvalue weighted by atomic mass is 10.0. The fraction of sp³-hybridized carbons (Fsp3) is 0.375. The summed E-state index contributed by atoms with van der Waals surface area (Å²) >= 11 is 0. The minimum absolute atomic E-state index is 0.234. The number of ether oxygens (including phenoxy) is 1. The number of fused-ring (bicyclic) bond motifs is 1. The minimum Gasteiger partial charge on any atom is -0.480 e. The molecule has 1 aromatic heterocycles. The maximum Gasteiger partial charge on any atom is 0.326 e. The first-order valence-electron chi connectivity index (χ1n) is 7.35. The summed E-state index contributed by atoms with van der Waals surface area (Å²) < 4.78 is 5.29. The molecule has 1 aliphatic rings. The van der Waals surface area contributed by atoms with Gasteiger partial charge in [0.25, 0.3) is 0 Å². The summed E-state index contributed by atoms with van der Waals surface area (Å²) in [6, 6.07) is 6.72. The summed E-state index contributed by atoms with van der Waals surface area (Å²) in [5.41, 5.74) is 1.82. The van der Waals surface area contributed by atoms with Crippen LogP contribution < -0.4 is 5.32 Å². The fourth-order valence-corrected chi connectivity index (χ4v) is 2.77. The molecule has 1 saturated heterocycles. The lowest BCUT2D eigenvalue weighted by Gasteiger charge is -2.17. The minimum atomic E-state index is -1.04. The zero-order valence-electron chi connectivity index (χ0n) is 12.0. The number of para-hydroxylation sites is 1. The van der Waals surface area contributed by atoms with Gasteiger partial charge >= 0.3 is 5.97 Å². The monoisotopic (exact) mass is 302 g/mol. The average molecular weight is 302 g/mol. The highest BCUT2D eigenvalue weighted by Gasteiger charge is 2.28. The molecule has 0 radical (unpaired) electrons. The van der Waals surface area contributed by atoms with Gasteiger partial charge in [0.05, 0.1) is 0 Å². The van der Waals surface area contributed by atoms with Gasteiger partial charge in [0, 0.05) is 30.1 Å². The van der Waals surface area contributed by atoms with Gasteiger partial charge in [-0.3, -0.25) is 4.79 Å². The van der Waals surface area contributed by atoms with Crippen molar-refractivity contribution in [2.24, 2.45) is 0 Å². The second kappa shape index (κ2) is 6.19. The van der Waals surface area contributed by atoms with Crippen molar-refractivity contribution >= 4 is 22.8 Å². The molecule has 6 heteroatoms. The van der Waals surface area contributed by atoms with Gasteiger partial charge in [-0.2, -0.15) is 0 Å². The van der Waals surface area contributed by atoms with Crippen molar-refractivity contribution in [3.05, 3.63) is 36.0 Å². The van der Waals surface area contributed by atoms with Crippen LogP contribution in [0.15, 0.2) is 30.5 Å². The number of carboxylic acid groups (broad SMARTS) is 1. The van der Waals surface area contributed by atoms with Crippen molar-refractivity contribution in [2.45, 2.75) is 31.4 Å². The standard InChI is InChI=1S/C16H18N2O4/c19-15(14-6-3-7-22-14)18-13(16(20)21)8-10-9-17-12-5-2-1-4-11(10)12/h1-2,4-5,9,13-14,17H,3,6-8H2,(H,18,19)(H,20,21)/t13?,14-/m0/s1. The molecule has 116 valence electrons.